The Hall–Kier alpha value is -0.620. The van der Waals surface area contributed by atoms with Gasteiger partial charge in [-0.2, -0.15) is 11.8 Å². The van der Waals surface area contributed by atoms with Gasteiger partial charge >= 0.3 is 0 Å². The molecule has 0 heterocycles. The van der Waals surface area contributed by atoms with Crippen molar-refractivity contribution in [3.8, 4) is 0 Å². The van der Waals surface area contributed by atoms with Crippen LogP contribution < -0.4 is 11.1 Å². The number of nitrogen functional groups attached to an aromatic ring is 1. The van der Waals surface area contributed by atoms with Crippen LogP contribution in [0.4, 0.5) is 11.4 Å². The average molecular weight is 337 g/mol. The van der Waals surface area contributed by atoms with E-state index >= 15 is 0 Å². The van der Waals surface area contributed by atoms with E-state index in [1.807, 2.05) is 0 Å². The van der Waals surface area contributed by atoms with Crippen LogP contribution in [0.5, 0.6) is 0 Å². The molecule has 1 amide bonds. The summed E-state index contributed by atoms with van der Waals surface area (Å²) in [5.41, 5.74) is 6.48. The van der Waals surface area contributed by atoms with Crippen LogP contribution in [0.2, 0.25) is 10.0 Å². The number of hydrogen-bond acceptors (Lipinski definition) is 4. The Morgan fingerprint density at radius 3 is 2.60 bits per heavy atom. The van der Waals surface area contributed by atoms with Gasteiger partial charge in [0.25, 0.3) is 0 Å². The molecule has 0 aliphatic rings. The van der Waals surface area contributed by atoms with Gasteiger partial charge in [0.15, 0.2) is 0 Å². The molecule has 0 spiro atoms. The van der Waals surface area contributed by atoms with Gasteiger partial charge in [-0.05, 0) is 24.3 Å². The van der Waals surface area contributed by atoms with E-state index in [0.29, 0.717) is 27.8 Å². The Morgan fingerprint density at radius 1 is 1.35 bits per heavy atom. The lowest BCUT2D eigenvalue weighted by atomic mass is 10.2. The molecule has 3 N–H and O–H groups in total. The number of anilines is 2. The molecular formula is C13H18Cl2N2O2S. The number of nitrogens with one attached hydrogen (secondary N) is 1. The number of benzene rings is 1. The van der Waals surface area contributed by atoms with Crippen LogP contribution in [0.3, 0.4) is 0 Å². The van der Waals surface area contributed by atoms with Gasteiger partial charge in [-0.3, -0.25) is 4.79 Å². The summed E-state index contributed by atoms with van der Waals surface area (Å²) in [6.07, 6.45) is 1.40. The lowest BCUT2D eigenvalue weighted by molar-refractivity contribution is -0.115. The number of amides is 1. The van der Waals surface area contributed by atoms with Gasteiger partial charge in [0.05, 0.1) is 15.7 Å². The third-order valence-corrected chi connectivity index (χ3v) is 4.11. The summed E-state index contributed by atoms with van der Waals surface area (Å²) in [7, 11) is 1.68. The Morgan fingerprint density at radius 2 is 2.00 bits per heavy atom. The monoisotopic (exact) mass is 336 g/mol. The molecule has 7 heteroatoms. The van der Waals surface area contributed by atoms with E-state index in [0.717, 1.165) is 24.5 Å². The second-order valence-corrected chi connectivity index (χ2v) is 6.16. The van der Waals surface area contributed by atoms with Crippen LogP contribution in [0.15, 0.2) is 12.1 Å². The van der Waals surface area contributed by atoms with Crippen molar-refractivity contribution in [2.45, 2.75) is 12.8 Å². The number of ether oxygens (including phenoxy) is 1. The molecule has 112 valence electrons. The zero-order valence-corrected chi connectivity index (χ0v) is 13.6. The topological polar surface area (TPSA) is 64.3 Å². The number of rotatable bonds is 8. The maximum atomic E-state index is 11.8. The van der Waals surface area contributed by atoms with Crippen molar-refractivity contribution in [1.82, 2.24) is 0 Å². The Bertz CT molecular complexity index is 435. The lowest BCUT2D eigenvalue weighted by Gasteiger charge is -2.10. The molecule has 1 aromatic carbocycles. The van der Waals surface area contributed by atoms with Crippen LogP contribution in [0.1, 0.15) is 12.8 Å². The van der Waals surface area contributed by atoms with E-state index in [-0.39, 0.29) is 5.91 Å². The maximum Gasteiger partial charge on any atom is 0.225 e. The van der Waals surface area contributed by atoms with Crippen molar-refractivity contribution < 1.29 is 9.53 Å². The van der Waals surface area contributed by atoms with E-state index < -0.39 is 0 Å². The minimum Gasteiger partial charge on any atom is -0.399 e. The van der Waals surface area contributed by atoms with Gasteiger partial charge < -0.3 is 15.8 Å². The second kappa shape index (κ2) is 9.34. The van der Waals surface area contributed by atoms with E-state index in [1.165, 1.54) is 0 Å². The summed E-state index contributed by atoms with van der Waals surface area (Å²) in [4.78, 5) is 11.8. The fourth-order valence-electron chi connectivity index (χ4n) is 1.49. The standard InChI is InChI=1S/C13H18Cl2N2O2S/c1-19-4-2-5-20-6-3-12(18)17-13-10(14)7-9(16)8-11(13)15/h7-8H,2-6,16H2,1H3,(H,17,18). The van der Waals surface area contributed by atoms with Crippen LogP contribution in [-0.2, 0) is 9.53 Å². The number of nitrogens with two attached hydrogens (primary N) is 1. The smallest absolute Gasteiger partial charge is 0.225 e. The van der Waals surface area contributed by atoms with Crippen molar-refractivity contribution in [1.29, 1.82) is 0 Å². The minimum absolute atomic E-state index is 0.113. The third-order valence-electron chi connectivity index (χ3n) is 2.44. The van der Waals surface area contributed by atoms with Gasteiger partial charge in [0.2, 0.25) is 5.91 Å². The Labute approximate surface area is 133 Å². The number of methoxy groups -OCH3 is 1. The Balaban J connectivity index is 2.36. The number of hydrogen-bond donors (Lipinski definition) is 2. The van der Waals surface area contributed by atoms with Crippen LogP contribution in [0.25, 0.3) is 0 Å². The third kappa shape index (κ3) is 6.22. The predicted octanol–water partition coefficient (Wildman–Crippen LogP) is 3.67. The van der Waals surface area contributed by atoms with Gasteiger partial charge in [-0.15, -0.1) is 0 Å². The highest BCUT2D eigenvalue weighted by Gasteiger charge is 2.10. The van der Waals surface area contributed by atoms with E-state index in [1.54, 1.807) is 31.0 Å². The molecule has 0 unspecified atom stereocenters. The van der Waals surface area contributed by atoms with Crippen molar-refractivity contribution >= 4 is 52.2 Å². The lowest BCUT2D eigenvalue weighted by Crippen LogP contribution is -2.13. The van der Waals surface area contributed by atoms with Crippen molar-refractivity contribution in [3.05, 3.63) is 22.2 Å². The first-order valence-electron chi connectivity index (χ1n) is 6.15. The Kier molecular flexibility index (Phi) is 8.14. The SMILES string of the molecule is COCCCSCCC(=O)Nc1c(Cl)cc(N)cc1Cl. The molecule has 0 atom stereocenters. The molecule has 0 saturated heterocycles. The van der Waals surface area contributed by atoms with Gasteiger partial charge in [-0.25, -0.2) is 0 Å². The molecule has 0 radical (unpaired) electrons. The van der Waals surface area contributed by atoms with Crippen LogP contribution in [0, 0.1) is 0 Å². The molecule has 0 fully saturated rings. The largest absolute Gasteiger partial charge is 0.399 e. The highest BCUT2D eigenvalue weighted by molar-refractivity contribution is 7.99. The number of carbonyl (C=O) groups excluding carboxylic acids is 1. The first kappa shape index (κ1) is 17.4. The van der Waals surface area contributed by atoms with Gasteiger partial charge in [-0.1, -0.05) is 23.2 Å². The molecule has 0 aliphatic carbocycles. The number of thioether (sulfide) groups is 1. The molecule has 0 saturated carbocycles. The zero-order chi connectivity index (χ0) is 15.0. The summed E-state index contributed by atoms with van der Waals surface area (Å²) >= 11 is 13.7. The second-order valence-electron chi connectivity index (χ2n) is 4.12. The molecule has 20 heavy (non-hydrogen) atoms. The summed E-state index contributed by atoms with van der Waals surface area (Å²) < 4.78 is 4.95. The predicted molar refractivity (Wildman–Crippen MR) is 87.9 cm³/mol. The van der Waals surface area contributed by atoms with Crippen molar-refractivity contribution in [2.75, 3.05) is 36.3 Å². The number of carbonyl (C=O) groups is 1. The summed E-state index contributed by atoms with van der Waals surface area (Å²) in [5.74, 6) is 1.61. The normalized spacial score (nSPS) is 10.6. The fourth-order valence-corrected chi connectivity index (χ4v) is 2.94. The fraction of sp³-hybridized carbons (Fsp3) is 0.462. The van der Waals surface area contributed by atoms with Crippen LogP contribution in [-0.4, -0.2) is 31.1 Å². The van der Waals surface area contributed by atoms with E-state index in [2.05, 4.69) is 5.32 Å². The number of halogens is 2. The molecule has 0 aliphatic heterocycles. The first-order valence-corrected chi connectivity index (χ1v) is 8.06. The quantitative estimate of drug-likeness (QED) is 0.561. The summed E-state index contributed by atoms with van der Waals surface area (Å²) in [6.45, 7) is 0.746. The average Bonchev–Trinajstić information content (AvgIpc) is 2.38. The van der Waals surface area contributed by atoms with Gasteiger partial charge in [0.1, 0.15) is 0 Å². The molecule has 1 aromatic rings. The summed E-state index contributed by atoms with van der Waals surface area (Å²) in [6, 6.07) is 3.12. The zero-order valence-electron chi connectivity index (χ0n) is 11.2. The van der Waals surface area contributed by atoms with Gasteiger partial charge in [0, 0.05) is 31.6 Å². The molecule has 4 nitrogen and oxygen atoms in total. The molecule has 1 rings (SSSR count). The van der Waals surface area contributed by atoms with Crippen molar-refractivity contribution in [2.24, 2.45) is 0 Å². The van der Waals surface area contributed by atoms with E-state index in [4.69, 9.17) is 33.7 Å². The summed E-state index contributed by atoms with van der Waals surface area (Å²) in [5, 5.41) is 3.40. The van der Waals surface area contributed by atoms with Crippen LogP contribution >= 0.6 is 35.0 Å². The highest BCUT2D eigenvalue weighted by atomic mass is 35.5. The maximum absolute atomic E-state index is 11.8. The molecule has 0 aromatic heterocycles. The van der Waals surface area contributed by atoms with Crippen molar-refractivity contribution in [3.63, 3.8) is 0 Å². The molecule has 0 bridgehead atoms. The van der Waals surface area contributed by atoms with E-state index in [9.17, 15) is 4.79 Å². The minimum atomic E-state index is -0.113. The first-order chi connectivity index (χ1) is 9.54. The molecular weight excluding hydrogens is 319 g/mol. The highest BCUT2D eigenvalue weighted by Crippen LogP contribution is 2.32.